The predicted molar refractivity (Wildman–Crippen MR) is 74.3 cm³/mol. The predicted octanol–water partition coefficient (Wildman–Crippen LogP) is 2.44. The highest BCUT2D eigenvalue weighted by Gasteiger charge is 2.11. The van der Waals surface area contributed by atoms with Crippen LogP contribution in [0.1, 0.15) is 12.5 Å². The summed E-state index contributed by atoms with van der Waals surface area (Å²) in [5.41, 5.74) is 0.893. The molecule has 0 bridgehead atoms. The van der Waals surface area contributed by atoms with E-state index >= 15 is 0 Å². The van der Waals surface area contributed by atoms with Gasteiger partial charge in [-0.25, -0.2) is 0 Å². The summed E-state index contributed by atoms with van der Waals surface area (Å²) in [4.78, 5) is 10.3. The zero-order valence-electron chi connectivity index (χ0n) is 10.8. The first-order chi connectivity index (χ1) is 8.58. The Bertz CT molecular complexity index is 412. The van der Waals surface area contributed by atoms with E-state index in [0.29, 0.717) is 18.3 Å². The molecule has 5 nitrogen and oxygen atoms in total. The lowest BCUT2D eigenvalue weighted by Crippen LogP contribution is -2.27. The van der Waals surface area contributed by atoms with Gasteiger partial charge in [-0.15, -0.1) is 0 Å². The van der Waals surface area contributed by atoms with Crippen molar-refractivity contribution in [2.24, 2.45) is 0 Å². The monoisotopic (exact) mass is 270 g/mol. The van der Waals surface area contributed by atoms with E-state index < -0.39 is 4.92 Å². The lowest BCUT2D eigenvalue weighted by atomic mass is 10.1. The summed E-state index contributed by atoms with van der Waals surface area (Å²) in [7, 11) is 1.57. The maximum atomic E-state index is 10.7. The molecular formula is C12H18N2O3S. The molecule has 0 aromatic heterocycles. The van der Waals surface area contributed by atoms with Crippen molar-refractivity contribution in [3.8, 4) is 5.75 Å². The first kappa shape index (κ1) is 14.8. The van der Waals surface area contributed by atoms with Gasteiger partial charge in [-0.05, 0) is 19.2 Å². The third-order valence-electron chi connectivity index (χ3n) is 2.53. The molecule has 100 valence electrons. The van der Waals surface area contributed by atoms with Crippen molar-refractivity contribution in [3.63, 3.8) is 0 Å². The molecule has 0 aliphatic rings. The molecule has 1 rings (SSSR count). The number of ether oxygens (including phenoxy) is 1. The molecule has 18 heavy (non-hydrogen) atoms. The topological polar surface area (TPSA) is 64.4 Å². The third kappa shape index (κ3) is 4.19. The summed E-state index contributed by atoms with van der Waals surface area (Å²) < 4.78 is 5.20. The van der Waals surface area contributed by atoms with Gasteiger partial charge in [-0.3, -0.25) is 10.1 Å². The van der Waals surface area contributed by atoms with Gasteiger partial charge in [0.1, 0.15) is 5.75 Å². The fourth-order valence-corrected chi connectivity index (χ4v) is 2.23. The summed E-state index contributed by atoms with van der Waals surface area (Å²) in [5, 5.41) is 14.1. The quantitative estimate of drug-likeness (QED) is 0.609. The van der Waals surface area contributed by atoms with E-state index in [0.717, 1.165) is 11.3 Å². The standard InChI is InChI=1S/C12H18N2O3S/c1-9(8-18-3)13-7-10-6-11(14(15)16)4-5-12(10)17-2/h4-6,9,13H,7-8H2,1-3H3. The normalized spacial score (nSPS) is 12.2. The highest BCUT2D eigenvalue weighted by molar-refractivity contribution is 7.98. The Kier molecular flexibility index (Phi) is 5.94. The van der Waals surface area contributed by atoms with Gasteiger partial charge in [0.2, 0.25) is 0 Å². The number of rotatable bonds is 7. The van der Waals surface area contributed by atoms with Crippen molar-refractivity contribution in [1.82, 2.24) is 5.32 Å². The van der Waals surface area contributed by atoms with E-state index in [1.807, 2.05) is 6.26 Å². The maximum absolute atomic E-state index is 10.7. The summed E-state index contributed by atoms with van der Waals surface area (Å²) in [6, 6.07) is 4.99. The van der Waals surface area contributed by atoms with E-state index in [1.54, 1.807) is 31.0 Å². The Hall–Kier alpha value is -1.27. The van der Waals surface area contributed by atoms with E-state index in [4.69, 9.17) is 4.74 Å². The Morgan fingerprint density at radius 3 is 2.83 bits per heavy atom. The van der Waals surface area contributed by atoms with Crippen LogP contribution in [-0.4, -0.2) is 30.1 Å². The van der Waals surface area contributed by atoms with Crippen LogP contribution in [0.15, 0.2) is 18.2 Å². The summed E-state index contributed by atoms with van der Waals surface area (Å²) in [6.07, 6.45) is 2.05. The van der Waals surface area contributed by atoms with Gasteiger partial charge < -0.3 is 10.1 Å². The van der Waals surface area contributed by atoms with Crippen molar-refractivity contribution in [3.05, 3.63) is 33.9 Å². The summed E-state index contributed by atoms with van der Waals surface area (Å²) in [6.45, 7) is 2.65. The lowest BCUT2D eigenvalue weighted by molar-refractivity contribution is -0.384. The number of nitrogens with zero attached hydrogens (tertiary/aromatic N) is 1. The molecule has 1 aromatic rings. The van der Waals surface area contributed by atoms with Gasteiger partial charge >= 0.3 is 0 Å². The van der Waals surface area contributed by atoms with Crippen LogP contribution in [0, 0.1) is 10.1 Å². The van der Waals surface area contributed by atoms with Gasteiger partial charge in [0.25, 0.3) is 5.69 Å². The van der Waals surface area contributed by atoms with Crippen LogP contribution in [0.25, 0.3) is 0 Å². The van der Waals surface area contributed by atoms with Crippen molar-refractivity contribution >= 4 is 17.4 Å². The molecule has 1 atom stereocenters. The highest BCUT2D eigenvalue weighted by Crippen LogP contribution is 2.23. The molecule has 6 heteroatoms. The van der Waals surface area contributed by atoms with Crippen LogP contribution in [0.2, 0.25) is 0 Å². The van der Waals surface area contributed by atoms with Gasteiger partial charge in [0.15, 0.2) is 0 Å². The first-order valence-corrected chi connectivity index (χ1v) is 7.01. The summed E-state index contributed by atoms with van der Waals surface area (Å²) >= 11 is 1.76. The molecule has 0 saturated carbocycles. The fraction of sp³-hybridized carbons (Fsp3) is 0.500. The lowest BCUT2D eigenvalue weighted by Gasteiger charge is -2.14. The molecule has 0 radical (unpaired) electrons. The number of thioether (sulfide) groups is 1. The molecule has 0 saturated heterocycles. The Balaban J connectivity index is 2.78. The average Bonchev–Trinajstić information content (AvgIpc) is 2.36. The minimum Gasteiger partial charge on any atom is -0.496 e. The molecule has 0 aliphatic heterocycles. The Morgan fingerprint density at radius 1 is 1.56 bits per heavy atom. The van der Waals surface area contributed by atoms with Gasteiger partial charge in [0.05, 0.1) is 12.0 Å². The summed E-state index contributed by atoms with van der Waals surface area (Å²) in [5.74, 6) is 1.67. The second-order valence-electron chi connectivity index (χ2n) is 3.99. The number of nitro benzene ring substituents is 1. The molecule has 1 unspecified atom stereocenters. The van der Waals surface area contributed by atoms with Crippen LogP contribution in [0.4, 0.5) is 5.69 Å². The fourth-order valence-electron chi connectivity index (χ4n) is 1.61. The zero-order chi connectivity index (χ0) is 13.5. The van der Waals surface area contributed by atoms with Crippen molar-refractivity contribution in [1.29, 1.82) is 0 Å². The van der Waals surface area contributed by atoms with Crippen molar-refractivity contribution in [2.75, 3.05) is 19.1 Å². The molecular weight excluding hydrogens is 252 g/mol. The van der Waals surface area contributed by atoms with Crippen LogP contribution in [-0.2, 0) is 6.54 Å². The maximum Gasteiger partial charge on any atom is 0.270 e. The van der Waals surface area contributed by atoms with Crippen LogP contribution in [0.5, 0.6) is 5.75 Å². The minimum absolute atomic E-state index is 0.0881. The van der Waals surface area contributed by atoms with Gasteiger partial charge in [0, 0.05) is 36.0 Å². The molecule has 1 aromatic carbocycles. The molecule has 0 fully saturated rings. The molecule has 0 amide bonds. The van der Waals surface area contributed by atoms with Crippen LogP contribution < -0.4 is 10.1 Å². The smallest absolute Gasteiger partial charge is 0.270 e. The number of benzene rings is 1. The number of non-ortho nitro benzene ring substituents is 1. The molecule has 1 N–H and O–H groups in total. The highest BCUT2D eigenvalue weighted by atomic mass is 32.2. The number of hydrogen-bond acceptors (Lipinski definition) is 5. The first-order valence-electron chi connectivity index (χ1n) is 5.62. The number of methoxy groups -OCH3 is 1. The van der Waals surface area contributed by atoms with Crippen LogP contribution >= 0.6 is 11.8 Å². The number of nitro groups is 1. The van der Waals surface area contributed by atoms with Crippen molar-refractivity contribution in [2.45, 2.75) is 19.5 Å². The van der Waals surface area contributed by atoms with E-state index in [2.05, 4.69) is 12.2 Å². The zero-order valence-corrected chi connectivity index (χ0v) is 11.6. The van der Waals surface area contributed by atoms with E-state index in [9.17, 15) is 10.1 Å². The SMILES string of the molecule is COc1ccc([N+](=O)[O-])cc1CNC(C)CSC. The number of nitrogens with one attached hydrogen (secondary N) is 1. The van der Waals surface area contributed by atoms with Gasteiger partial charge in [-0.2, -0.15) is 11.8 Å². The second kappa shape index (κ2) is 7.23. The van der Waals surface area contributed by atoms with E-state index in [-0.39, 0.29) is 5.69 Å². The second-order valence-corrected chi connectivity index (χ2v) is 4.90. The average molecular weight is 270 g/mol. The van der Waals surface area contributed by atoms with Gasteiger partial charge in [-0.1, -0.05) is 0 Å². The minimum atomic E-state index is -0.395. The van der Waals surface area contributed by atoms with Crippen molar-refractivity contribution < 1.29 is 9.66 Å². The van der Waals surface area contributed by atoms with Crippen LogP contribution in [0.3, 0.4) is 0 Å². The number of hydrogen-bond donors (Lipinski definition) is 1. The third-order valence-corrected chi connectivity index (χ3v) is 3.37. The molecule has 0 aliphatic carbocycles. The van der Waals surface area contributed by atoms with E-state index in [1.165, 1.54) is 6.07 Å². The Labute approximate surface area is 111 Å². The molecule has 0 heterocycles. The largest absolute Gasteiger partial charge is 0.496 e. The molecule has 0 spiro atoms. The Morgan fingerprint density at radius 2 is 2.28 bits per heavy atom.